The Kier molecular flexibility index (Phi) is 1.74. The van der Waals surface area contributed by atoms with Gasteiger partial charge in [0.25, 0.3) is 0 Å². The summed E-state index contributed by atoms with van der Waals surface area (Å²) in [6.45, 7) is 0. The summed E-state index contributed by atoms with van der Waals surface area (Å²) in [6, 6.07) is 7.05. The highest BCUT2D eigenvalue weighted by Gasteiger charge is 2.29. The van der Waals surface area contributed by atoms with Gasteiger partial charge in [0.2, 0.25) is 5.78 Å². The zero-order valence-electron chi connectivity index (χ0n) is 8.31. The number of para-hydroxylation sites is 1. The number of ketones is 2. The van der Waals surface area contributed by atoms with Gasteiger partial charge in [-0.25, -0.2) is 4.99 Å². The second-order valence-electron chi connectivity index (χ2n) is 3.61. The van der Waals surface area contributed by atoms with Crippen molar-refractivity contribution in [2.45, 2.75) is 0 Å². The topological polar surface area (TPSA) is 46.5 Å². The lowest BCUT2D eigenvalue weighted by atomic mass is 9.90. The highest BCUT2D eigenvalue weighted by atomic mass is 16.1. The molecule has 0 N–H and O–H groups in total. The predicted octanol–water partition coefficient (Wildman–Crippen LogP) is 2.02. The van der Waals surface area contributed by atoms with Gasteiger partial charge in [0.1, 0.15) is 5.71 Å². The third-order valence-electron chi connectivity index (χ3n) is 2.62. The Hall–Kier alpha value is -2.29. The second-order valence-corrected chi connectivity index (χ2v) is 3.61. The van der Waals surface area contributed by atoms with Crippen molar-refractivity contribution in [1.29, 1.82) is 0 Å². The van der Waals surface area contributed by atoms with Gasteiger partial charge in [0, 0.05) is 5.56 Å². The van der Waals surface area contributed by atoms with Crippen molar-refractivity contribution < 1.29 is 9.59 Å². The zero-order valence-corrected chi connectivity index (χ0v) is 8.31. The van der Waals surface area contributed by atoms with Crippen molar-refractivity contribution in [3.63, 3.8) is 0 Å². The van der Waals surface area contributed by atoms with Gasteiger partial charge < -0.3 is 0 Å². The Bertz CT molecular complexity index is 606. The van der Waals surface area contributed by atoms with Gasteiger partial charge >= 0.3 is 0 Å². The number of nitrogens with zero attached hydrogens (tertiary/aromatic N) is 1. The first kappa shape index (κ1) is 8.97. The van der Waals surface area contributed by atoms with Gasteiger partial charge in [0.15, 0.2) is 5.78 Å². The first-order valence-electron chi connectivity index (χ1n) is 4.93. The van der Waals surface area contributed by atoms with Crippen molar-refractivity contribution in [2.75, 3.05) is 0 Å². The van der Waals surface area contributed by atoms with Crippen LogP contribution in [0.2, 0.25) is 0 Å². The molecule has 1 aliphatic carbocycles. The fourth-order valence-corrected chi connectivity index (χ4v) is 1.85. The van der Waals surface area contributed by atoms with Crippen LogP contribution < -0.4 is 0 Å². The quantitative estimate of drug-likeness (QED) is 0.613. The smallest absolute Gasteiger partial charge is 0.204 e. The van der Waals surface area contributed by atoms with Crippen LogP contribution in [0, 0.1) is 0 Å². The molecule has 1 heterocycles. The molecule has 0 bridgehead atoms. The van der Waals surface area contributed by atoms with Crippen LogP contribution in [0.25, 0.3) is 0 Å². The van der Waals surface area contributed by atoms with Crippen molar-refractivity contribution >= 4 is 23.0 Å². The molecule has 0 atom stereocenters. The molecule has 76 valence electrons. The Balaban J connectivity index is 2.30. The first-order valence-corrected chi connectivity index (χ1v) is 4.93. The molecule has 0 unspecified atom stereocenters. The van der Waals surface area contributed by atoms with Gasteiger partial charge in [0.05, 0.1) is 11.3 Å². The van der Waals surface area contributed by atoms with Crippen LogP contribution in [-0.4, -0.2) is 17.3 Å². The van der Waals surface area contributed by atoms with Crippen molar-refractivity contribution in [1.82, 2.24) is 0 Å². The number of allylic oxidation sites excluding steroid dienone is 4. The van der Waals surface area contributed by atoms with Gasteiger partial charge in [-0.2, -0.15) is 0 Å². The average Bonchev–Trinajstić information content (AvgIpc) is 2.31. The highest BCUT2D eigenvalue weighted by Crippen LogP contribution is 2.29. The molecular formula is C13H7NO2. The van der Waals surface area contributed by atoms with Crippen LogP contribution >= 0.6 is 0 Å². The molecule has 2 aliphatic rings. The minimum Gasteiger partial charge on any atom is -0.288 e. The second kappa shape index (κ2) is 3.10. The lowest BCUT2D eigenvalue weighted by molar-refractivity contribution is -0.108. The van der Waals surface area contributed by atoms with Gasteiger partial charge in [-0.1, -0.05) is 18.2 Å². The molecule has 1 aliphatic heterocycles. The van der Waals surface area contributed by atoms with Crippen LogP contribution in [0.4, 0.5) is 5.69 Å². The van der Waals surface area contributed by atoms with E-state index in [1.165, 1.54) is 6.08 Å². The van der Waals surface area contributed by atoms with Crippen molar-refractivity contribution in [2.24, 2.45) is 4.99 Å². The van der Waals surface area contributed by atoms with Gasteiger partial charge in [-0.15, -0.1) is 0 Å². The van der Waals surface area contributed by atoms with E-state index in [-0.39, 0.29) is 17.3 Å². The lowest BCUT2D eigenvalue weighted by Crippen LogP contribution is -2.25. The fraction of sp³-hybridized carbons (Fsp3) is 0. The number of hydrogen-bond donors (Lipinski definition) is 0. The van der Waals surface area contributed by atoms with E-state index in [1.807, 2.05) is 0 Å². The maximum Gasteiger partial charge on any atom is 0.204 e. The van der Waals surface area contributed by atoms with E-state index in [0.29, 0.717) is 16.8 Å². The number of carbonyl (C=O) groups is 2. The first-order chi connectivity index (χ1) is 7.77. The molecule has 3 rings (SSSR count). The van der Waals surface area contributed by atoms with Crippen LogP contribution in [0.5, 0.6) is 0 Å². The van der Waals surface area contributed by atoms with Crippen LogP contribution in [-0.2, 0) is 4.79 Å². The van der Waals surface area contributed by atoms with Crippen molar-refractivity contribution in [3.05, 3.63) is 53.6 Å². The third-order valence-corrected chi connectivity index (χ3v) is 2.62. The van der Waals surface area contributed by atoms with E-state index in [9.17, 15) is 9.59 Å². The van der Waals surface area contributed by atoms with Crippen LogP contribution in [0.15, 0.2) is 53.1 Å². The summed E-state index contributed by atoms with van der Waals surface area (Å²) >= 11 is 0. The average molecular weight is 209 g/mol. The zero-order chi connectivity index (χ0) is 11.1. The summed E-state index contributed by atoms with van der Waals surface area (Å²) < 4.78 is 0. The van der Waals surface area contributed by atoms with Gasteiger partial charge in [-0.05, 0) is 24.3 Å². The molecular weight excluding hydrogens is 202 g/mol. The van der Waals surface area contributed by atoms with E-state index in [2.05, 4.69) is 4.99 Å². The summed E-state index contributed by atoms with van der Waals surface area (Å²) in [5, 5.41) is 0. The molecule has 0 radical (unpaired) electrons. The summed E-state index contributed by atoms with van der Waals surface area (Å²) in [6.07, 6.45) is 4.64. The Morgan fingerprint density at radius 3 is 2.75 bits per heavy atom. The number of aliphatic imine (C=N–C) groups is 1. The molecule has 0 saturated carbocycles. The van der Waals surface area contributed by atoms with Gasteiger partial charge in [-0.3, -0.25) is 9.59 Å². The summed E-state index contributed by atoms with van der Waals surface area (Å²) in [7, 11) is 0. The Morgan fingerprint density at radius 1 is 1.06 bits per heavy atom. The van der Waals surface area contributed by atoms with E-state index in [0.717, 1.165) is 0 Å². The summed E-state index contributed by atoms with van der Waals surface area (Å²) in [4.78, 5) is 27.9. The Labute approximate surface area is 91.8 Å². The summed E-state index contributed by atoms with van der Waals surface area (Å²) in [5.41, 5.74) is 1.78. The molecule has 3 heteroatoms. The Morgan fingerprint density at radius 2 is 1.88 bits per heavy atom. The number of rotatable bonds is 0. The van der Waals surface area contributed by atoms with Crippen molar-refractivity contribution in [3.8, 4) is 0 Å². The maximum absolute atomic E-state index is 12.1. The largest absolute Gasteiger partial charge is 0.288 e. The number of hydrogen-bond acceptors (Lipinski definition) is 3. The third kappa shape index (κ3) is 1.11. The number of carbonyl (C=O) groups excluding carboxylic acids is 2. The molecule has 0 amide bonds. The predicted molar refractivity (Wildman–Crippen MR) is 60.1 cm³/mol. The molecule has 0 spiro atoms. The molecule has 0 saturated heterocycles. The number of fused-ring (bicyclic) bond motifs is 2. The van der Waals surface area contributed by atoms with Crippen LogP contribution in [0.3, 0.4) is 0 Å². The molecule has 16 heavy (non-hydrogen) atoms. The number of Topliss-reactive ketones (excluding diaryl/α,β-unsaturated/α-hetero) is 1. The lowest BCUT2D eigenvalue weighted by Gasteiger charge is -2.17. The normalized spacial score (nSPS) is 17.5. The SMILES string of the molecule is O=C1C=CC=C2C(=O)c3ccccc3N=C12. The monoisotopic (exact) mass is 209 g/mol. The number of benzene rings is 1. The van der Waals surface area contributed by atoms with Crippen LogP contribution in [0.1, 0.15) is 10.4 Å². The summed E-state index contributed by atoms with van der Waals surface area (Å²) in [5.74, 6) is -0.335. The van der Waals surface area contributed by atoms with E-state index in [4.69, 9.17) is 0 Å². The molecule has 0 fully saturated rings. The van der Waals surface area contributed by atoms with E-state index < -0.39 is 0 Å². The minimum atomic E-state index is -0.208. The standard InChI is InChI=1S/C13H7NO2/c15-11-7-3-5-9-12(11)14-10-6-2-1-4-8(10)13(9)16/h1-7H. The molecule has 1 aromatic carbocycles. The molecule has 0 aromatic heterocycles. The molecule has 1 aromatic rings. The van der Waals surface area contributed by atoms with E-state index in [1.54, 1.807) is 36.4 Å². The molecule has 3 nitrogen and oxygen atoms in total. The fourth-order valence-electron chi connectivity index (χ4n) is 1.85. The highest BCUT2D eigenvalue weighted by molar-refractivity contribution is 6.58. The minimum absolute atomic E-state index is 0.127. The maximum atomic E-state index is 12.1. The van der Waals surface area contributed by atoms with E-state index >= 15 is 0 Å².